The van der Waals surface area contributed by atoms with E-state index in [4.69, 9.17) is 10.5 Å². The first-order valence-corrected chi connectivity index (χ1v) is 7.43. The monoisotopic (exact) mass is 280 g/mol. The van der Waals surface area contributed by atoms with Crippen LogP contribution in [0.1, 0.15) is 19.8 Å². The lowest BCUT2D eigenvalue weighted by Gasteiger charge is -2.10. The molecule has 2 atom stereocenters. The molecule has 1 saturated heterocycles. The van der Waals surface area contributed by atoms with E-state index in [0.717, 1.165) is 30.9 Å². The van der Waals surface area contributed by atoms with Crippen molar-refractivity contribution in [2.24, 2.45) is 0 Å². The Hall–Kier alpha value is -1.04. The number of para-hydroxylation sites is 1. The second-order valence-corrected chi connectivity index (χ2v) is 5.69. The zero-order valence-corrected chi connectivity index (χ0v) is 11.9. The fourth-order valence-corrected chi connectivity index (χ4v) is 2.92. The Bertz CT molecular complexity index is 439. The van der Waals surface area contributed by atoms with Crippen LogP contribution in [0.3, 0.4) is 0 Å². The standard InChI is InChI=1S/C14H20N2O2S/c1-2-7-18-10-8-12(16-9-10)14(17)19-13-6-4-3-5-11(13)15/h3-6,10,12,16H,2,7-9,15H2,1H3/t10?,12-/m0/s1. The van der Waals surface area contributed by atoms with Gasteiger partial charge in [0.2, 0.25) is 5.12 Å². The minimum Gasteiger partial charge on any atom is -0.398 e. The van der Waals surface area contributed by atoms with Crippen molar-refractivity contribution < 1.29 is 9.53 Å². The van der Waals surface area contributed by atoms with Gasteiger partial charge in [0, 0.05) is 23.7 Å². The number of nitrogen functional groups attached to an aromatic ring is 1. The quantitative estimate of drug-likeness (QED) is 0.638. The third-order valence-electron chi connectivity index (χ3n) is 3.06. The van der Waals surface area contributed by atoms with Gasteiger partial charge in [0.25, 0.3) is 0 Å². The molecule has 1 fully saturated rings. The average molecular weight is 280 g/mol. The molecule has 1 aliphatic rings. The lowest BCUT2D eigenvalue weighted by Crippen LogP contribution is -2.28. The minimum atomic E-state index is -0.133. The van der Waals surface area contributed by atoms with E-state index in [2.05, 4.69) is 12.2 Å². The van der Waals surface area contributed by atoms with Crippen LogP contribution in [0.4, 0.5) is 5.69 Å². The third-order valence-corrected chi connectivity index (χ3v) is 4.14. The van der Waals surface area contributed by atoms with Gasteiger partial charge in [-0.1, -0.05) is 19.1 Å². The molecule has 0 aliphatic carbocycles. The normalized spacial score (nSPS) is 22.6. The van der Waals surface area contributed by atoms with Gasteiger partial charge in [-0.05, 0) is 36.7 Å². The van der Waals surface area contributed by atoms with Crippen LogP contribution in [0, 0.1) is 0 Å². The summed E-state index contributed by atoms with van der Waals surface area (Å²) in [4.78, 5) is 13.0. The van der Waals surface area contributed by atoms with Crippen molar-refractivity contribution in [1.82, 2.24) is 5.32 Å². The molecule has 1 aromatic carbocycles. The SMILES string of the molecule is CCCOC1CN[C@H](C(=O)Sc2ccccc2N)C1. The minimum absolute atomic E-state index is 0.112. The van der Waals surface area contributed by atoms with Crippen LogP contribution in [-0.2, 0) is 9.53 Å². The van der Waals surface area contributed by atoms with Crippen molar-refractivity contribution in [1.29, 1.82) is 0 Å². The van der Waals surface area contributed by atoms with Crippen molar-refractivity contribution in [2.75, 3.05) is 18.9 Å². The van der Waals surface area contributed by atoms with E-state index in [9.17, 15) is 4.79 Å². The average Bonchev–Trinajstić information content (AvgIpc) is 2.88. The summed E-state index contributed by atoms with van der Waals surface area (Å²) in [6.07, 6.45) is 1.91. The maximum absolute atomic E-state index is 12.2. The number of hydrogen-bond acceptors (Lipinski definition) is 5. The summed E-state index contributed by atoms with van der Waals surface area (Å²) in [5, 5.41) is 3.33. The van der Waals surface area contributed by atoms with Crippen molar-refractivity contribution >= 4 is 22.6 Å². The van der Waals surface area contributed by atoms with E-state index in [1.807, 2.05) is 24.3 Å². The summed E-state index contributed by atoms with van der Waals surface area (Å²) >= 11 is 1.21. The fraction of sp³-hybridized carbons (Fsp3) is 0.500. The summed E-state index contributed by atoms with van der Waals surface area (Å²) < 4.78 is 5.66. The Labute approximate surface area is 118 Å². The van der Waals surface area contributed by atoms with Gasteiger partial charge in [-0.15, -0.1) is 0 Å². The van der Waals surface area contributed by atoms with Crippen LogP contribution in [0.25, 0.3) is 0 Å². The highest BCUT2D eigenvalue weighted by molar-refractivity contribution is 8.14. The summed E-state index contributed by atoms with van der Waals surface area (Å²) in [5.74, 6) is 0. The molecule has 0 amide bonds. The predicted octanol–water partition coefficient (Wildman–Crippen LogP) is 2.04. The molecule has 5 heteroatoms. The lowest BCUT2D eigenvalue weighted by molar-refractivity contribution is -0.112. The zero-order valence-electron chi connectivity index (χ0n) is 11.1. The van der Waals surface area contributed by atoms with Crippen molar-refractivity contribution in [2.45, 2.75) is 36.8 Å². The molecule has 1 aliphatic heterocycles. The number of ether oxygens (including phenoxy) is 1. The van der Waals surface area contributed by atoms with Crippen LogP contribution < -0.4 is 11.1 Å². The molecule has 0 bridgehead atoms. The molecule has 4 nitrogen and oxygen atoms in total. The number of hydrogen-bond donors (Lipinski definition) is 2. The Morgan fingerprint density at radius 1 is 1.53 bits per heavy atom. The molecule has 0 radical (unpaired) electrons. The van der Waals surface area contributed by atoms with E-state index in [0.29, 0.717) is 5.69 Å². The molecule has 1 heterocycles. The number of nitrogens with two attached hydrogens (primary N) is 1. The first-order valence-electron chi connectivity index (χ1n) is 6.62. The summed E-state index contributed by atoms with van der Waals surface area (Å²) in [6, 6.07) is 7.31. The number of nitrogens with one attached hydrogen (secondary N) is 1. The molecule has 0 saturated carbocycles. The predicted molar refractivity (Wildman–Crippen MR) is 78.2 cm³/mol. The second-order valence-electron chi connectivity index (χ2n) is 4.65. The summed E-state index contributed by atoms with van der Waals surface area (Å²) in [7, 11) is 0. The van der Waals surface area contributed by atoms with Gasteiger partial charge in [0.1, 0.15) is 0 Å². The van der Waals surface area contributed by atoms with Gasteiger partial charge in [-0.3, -0.25) is 4.79 Å². The van der Waals surface area contributed by atoms with Gasteiger partial charge in [0.05, 0.1) is 12.1 Å². The fourth-order valence-electron chi connectivity index (χ4n) is 2.05. The largest absolute Gasteiger partial charge is 0.398 e. The number of anilines is 1. The second kappa shape index (κ2) is 6.93. The number of carbonyl (C=O) groups is 1. The van der Waals surface area contributed by atoms with Crippen molar-refractivity contribution in [3.8, 4) is 0 Å². The zero-order chi connectivity index (χ0) is 13.7. The van der Waals surface area contributed by atoms with E-state index >= 15 is 0 Å². The number of thioether (sulfide) groups is 1. The van der Waals surface area contributed by atoms with E-state index in [1.54, 1.807) is 0 Å². The molecule has 104 valence electrons. The maximum atomic E-state index is 12.2. The number of rotatable bonds is 5. The van der Waals surface area contributed by atoms with Gasteiger partial charge >= 0.3 is 0 Å². The Morgan fingerprint density at radius 2 is 2.32 bits per heavy atom. The number of carbonyl (C=O) groups excluding carboxylic acids is 1. The molecule has 3 N–H and O–H groups in total. The smallest absolute Gasteiger partial charge is 0.210 e. The first-order chi connectivity index (χ1) is 9.20. The highest BCUT2D eigenvalue weighted by Gasteiger charge is 2.30. The topological polar surface area (TPSA) is 64.3 Å². The van der Waals surface area contributed by atoms with Crippen LogP contribution in [0.15, 0.2) is 29.2 Å². The highest BCUT2D eigenvalue weighted by atomic mass is 32.2. The molecule has 1 aromatic rings. The first kappa shape index (κ1) is 14.4. The highest BCUT2D eigenvalue weighted by Crippen LogP contribution is 2.28. The molecule has 0 spiro atoms. The van der Waals surface area contributed by atoms with Gasteiger partial charge < -0.3 is 15.8 Å². The molecular formula is C14H20N2O2S. The van der Waals surface area contributed by atoms with E-state index in [1.165, 1.54) is 11.8 Å². The Morgan fingerprint density at radius 3 is 3.05 bits per heavy atom. The third kappa shape index (κ3) is 3.96. The van der Waals surface area contributed by atoms with Crippen LogP contribution in [0.5, 0.6) is 0 Å². The molecular weight excluding hydrogens is 260 g/mol. The molecule has 1 unspecified atom stereocenters. The molecule has 0 aromatic heterocycles. The summed E-state index contributed by atoms with van der Waals surface area (Å²) in [5.41, 5.74) is 6.49. The van der Waals surface area contributed by atoms with Crippen molar-refractivity contribution in [3.05, 3.63) is 24.3 Å². The van der Waals surface area contributed by atoms with E-state index < -0.39 is 0 Å². The maximum Gasteiger partial charge on any atom is 0.210 e. The van der Waals surface area contributed by atoms with Gasteiger partial charge in [0.15, 0.2) is 0 Å². The number of benzene rings is 1. The summed E-state index contributed by atoms with van der Waals surface area (Å²) in [6.45, 7) is 3.59. The van der Waals surface area contributed by atoms with Crippen LogP contribution >= 0.6 is 11.8 Å². The Kier molecular flexibility index (Phi) is 5.24. The Balaban J connectivity index is 1.86. The molecule has 2 rings (SSSR count). The van der Waals surface area contributed by atoms with E-state index in [-0.39, 0.29) is 17.3 Å². The van der Waals surface area contributed by atoms with Gasteiger partial charge in [-0.2, -0.15) is 0 Å². The van der Waals surface area contributed by atoms with Crippen LogP contribution in [-0.4, -0.2) is 30.4 Å². The van der Waals surface area contributed by atoms with Gasteiger partial charge in [-0.25, -0.2) is 0 Å². The van der Waals surface area contributed by atoms with Crippen molar-refractivity contribution in [3.63, 3.8) is 0 Å². The lowest BCUT2D eigenvalue weighted by atomic mass is 10.2. The molecule has 19 heavy (non-hydrogen) atoms. The van der Waals surface area contributed by atoms with Crippen LogP contribution in [0.2, 0.25) is 0 Å².